The van der Waals surface area contributed by atoms with Crippen LogP contribution in [0.2, 0.25) is 0 Å². The first-order valence-corrected chi connectivity index (χ1v) is 12.4. The van der Waals surface area contributed by atoms with E-state index in [4.69, 9.17) is 4.42 Å². The lowest BCUT2D eigenvalue weighted by atomic mass is 9.87. The van der Waals surface area contributed by atoms with E-state index in [1.807, 2.05) is 6.92 Å². The fourth-order valence-electron chi connectivity index (χ4n) is 5.40. The second kappa shape index (κ2) is 9.99. The normalized spacial score (nSPS) is 21.8. The summed E-state index contributed by atoms with van der Waals surface area (Å²) in [7, 11) is 0. The largest absolute Gasteiger partial charge is 0.469 e. The third kappa shape index (κ3) is 5.08. The molecular weight excluding hydrogens is 406 g/mol. The molecule has 0 saturated carbocycles. The zero-order valence-electron chi connectivity index (χ0n) is 20.7. The zero-order valence-corrected chi connectivity index (χ0v) is 20.7. The Morgan fingerprint density at radius 3 is 2.67 bits per heavy atom. The molecule has 3 nitrogen and oxygen atoms in total. The molecule has 0 bridgehead atoms. The van der Waals surface area contributed by atoms with Gasteiger partial charge >= 0.3 is 0 Å². The minimum atomic E-state index is 0.105. The standard InChI is InChI=1S/C30H37NO2/c1-20(2)27-13-11-24(12-14-29(27)26-9-6-8-21(3)18-26)25-10-7-16-31(22(4)19-25)30(32)28-15-17-33-23(28)5/h6,8-9,12-15,17-18,20,22,25H,7,10-11,16,19H2,1-5H3/t22-,25?/m1/s1. The molecule has 1 saturated heterocycles. The van der Waals surface area contributed by atoms with Crippen molar-refractivity contribution in [3.05, 3.63) is 88.4 Å². The van der Waals surface area contributed by atoms with Gasteiger partial charge in [-0.1, -0.05) is 67.5 Å². The number of carbonyl (C=O) groups is 1. The number of furan rings is 1. The van der Waals surface area contributed by atoms with Gasteiger partial charge in [0, 0.05) is 12.6 Å². The SMILES string of the molecule is Cc1cccc(C2=CC=C(C3CCCN(C(=O)c4ccoc4C)[C@H](C)C3)CC=C2C(C)C)c1. The topological polar surface area (TPSA) is 33.5 Å². The Morgan fingerprint density at radius 1 is 1.15 bits per heavy atom. The van der Waals surface area contributed by atoms with Gasteiger partial charge in [0.1, 0.15) is 5.76 Å². The number of amides is 1. The van der Waals surface area contributed by atoms with Gasteiger partial charge < -0.3 is 9.32 Å². The van der Waals surface area contributed by atoms with E-state index in [0.717, 1.165) is 32.2 Å². The van der Waals surface area contributed by atoms with Crippen LogP contribution in [-0.2, 0) is 0 Å². The molecule has 1 aliphatic heterocycles. The van der Waals surface area contributed by atoms with Crippen LogP contribution < -0.4 is 0 Å². The first kappa shape index (κ1) is 23.4. The number of carbonyl (C=O) groups excluding carboxylic acids is 1. The summed E-state index contributed by atoms with van der Waals surface area (Å²) in [5, 5.41) is 0. The molecular formula is C30H37NO2. The maximum Gasteiger partial charge on any atom is 0.257 e. The Hall–Kier alpha value is -2.81. The van der Waals surface area contributed by atoms with Crippen LogP contribution in [0.4, 0.5) is 0 Å². The van der Waals surface area contributed by atoms with Crippen molar-refractivity contribution in [1.29, 1.82) is 0 Å². The number of likely N-dealkylation sites (tertiary alicyclic amines) is 1. The highest BCUT2D eigenvalue weighted by atomic mass is 16.3. The Morgan fingerprint density at radius 2 is 1.97 bits per heavy atom. The summed E-state index contributed by atoms with van der Waals surface area (Å²) in [6.07, 6.45) is 12.9. The smallest absolute Gasteiger partial charge is 0.257 e. The van der Waals surface area contributed by atoms with E-state index in [1.54, 1.807) is 12.3 Å². The van der Waals surface area contributed by atoms with E-state index in [9.17, 15) is 4.79 Å². The second-order valence-electron chi connectivity index (χ2n) is 10.0. The molecule has 1 unspecified atom stereocenters. The maximum absolute atomic E-state index is 13.2. The van der Waals surface area contributed by atoms with Crippen LogP contribution in [-0.4, -0.2) is 23.4 Å². The van der Waals surface area contributed by atoms with E-state index in [0.29, 0.717) is 23.2 Å². The van der Waals surface area contributed by atoms with Gasteiger partial charge in [0.25, 0.3) is 5.91 Å². The van der Waals surface area contributed by atoms with Crippen LogP contribution in [0.15, 0.2) is 70.4 Å². The maximum atomic E-state index is 13.2. The number of hydrogen-bond donors (Lipinski definition) is 0. The zero-order chi connectivity index (χ0) is 23.5. The molecule has 1 aliphatic carbocycles. The summed E-state index contributed by atoms with van der Waals surface area (Å²) in [4.78, 5) is 15.2. The van der Waals surface area contributed by atoms with Crippen LogP contribution in [0.5, 0.6) is 0 Å². The molecule has 4 rings (SSSR count). The molecule has 2 aliphatic rings. The molecule has 2 heterocycles. The molecule has 1 amide bonds. The van der Waals surface area contributed by atoms with Crippen LogP contribution >= 0.6 is 0 Å². The lowest BCUT2D eigenvalue weighted by Gasteiger charge is -2.28. The van der Waals surface area contributed by atoms with Crippen LogP contribution in [0.3, 0.4) is 0 Å². The van der Waals surface area contributed by atoms with Gasteiger partial charge in [-0.15, -0.1) is 0 Å². The third-order valence-corrected chi connectivity index (χ3v) is 7.27. The summed E-state index contributed by atoms with van der Waals surface area (Å²) < 4.78 is 5.39. The number of benzene rings is 1. The van der Waals surface area contributed by atoms with E-state index in [2.05, 4.69) is 75.1 Å². The van der Waals surface area contributed by atoms with Gasteiger partial charge in [-0.25, -0.2) is 0 Å². The van der Waals surface area contributed by atoms with Crippen molar-refractivity contribution in [1.82, 2.24) is 4.90 Å². The lowest BCUT2D eigenvalue weighted by Crippen LogP contribution is -2.38. The van der Waals surface area contributed by atoms with Gasteiger partial charge in [-0.3, -0.25) is 4.79 Å². The van der Waals surface area contributed by atoms with Crippen molar-refractivity contribution in [2.45, 2.75) is 66.3 Å². The van der Waals surface area contributed by atoms with Crippen LogP contribution in [0.25, 0.3) is 5.57 Å². The van der Waals surface area contributed by atoms with Crippen LogP contribution in [0.1, 0.15) is 73.7 Å². The minimum Gasteiger partial charge on any atom is -0.469 e. The van der Waals surface area contributed by atoms with E-state index >= 15 is 0 Å². The van der Waals surface area contributed by atoms with Crippen molar-refractivity contribution < 1.29 is 9.21 Å². The average Bonchev–Trinajstić information content (AvgIpc) is 2.97. The summed E-state index contributed by atoms with van der Waals surface area (Å²) in [5.41, 5.74) is 7.56. The molecule has 1 aromatic heterocycles. The Kier molecular flexibility index (Phi) is 7.07. The summed E-state index contributed by atoms with van der Waals surface area (Å²) in [6, 6.07) is 10.8. The molecule has 0 spiro atoms. The molecule has 33 heavy (non-hydrogen) atoms. The molecule has 0 radical (unpaired) electrons. The number of hydrogen-bond acceptors (Lipinski definition) is 2. The molecule has 174 valence electrons. The fraction of sp³-hybridized carbons (Fsp3) is 0.433. The van der Waals surface area contributed by atoms with Crippen molar-refractivity contribution in [3.63, 3.8) is 0 Å². The first-order valence-electron chi connectivity index (χ1n) is 12.4. The molecule has 1 aromatic carbocycles. The molecule has 2 aromatic rings. The van der Waals surface area contributed by atoms with E-state index in [1.165, 1.54) is 27.8 Å². The number of nitrogens with zero attached hydrogens (tertiary/aromatic N) is 1. The Balaban J connectivity index is 1.57. The van der Waals surface area contributed by atoms with Crippen LogP contribution in [0, 0.1) is 25.7 Å². The van der Waals surface area contributed by atoms with Gasteiger partial charge in [0.15, 0.2) is 0 Å². The highest BCUT2D eigenvalue weighted by Crippen LogP contribution is 2.37. The molecule has 3 heteroatoms. The monoisotopic (exact) mass is 443 g/mol. The van der Waals surface area contributed by atoms with Gasteiger partial charge in [0.05, 0.1) is 11.8 Å². The summed E-state index contributed by atoms with van der Waals surface area (Å²) in [5.74, 6) is 1.79. The van der Waals surface area contributed by atoms with E-state index in [-0.39, 0.29) is 11.9 Å². The summed E-state index contributed by atoms with van der Waals surface area (Å²) in [6.45, 7) is 11.6. The first-order chi connectivity index (χ1) is 15.8. The number of rotatable bonds is 4. The predicted octanol–water partition coefficient (Wildman–Crippen LogP) is 7.52. The quantitative estimate of drug-likeness (QED) is 0.489. The van der Waals surface area contributed by atoms with Crippen molar-refractivity contribution in [3.8, 4) is 0 Å². The van der Waals surface area contributed by atoms with Gasteiger partial charge in [-0.2, -0.15) is 0 Å². The molecule has 0 N–H and O–H groups in total. The third-order valence-electron chi connectivity index (χ3n) is 7.27. The fourth-order valence-corrected chi connectivity index (χ4v) is 5.40. The predicted molar refractivity (Wildman–Crippen MR) is 136 cm³/mol. The Labute approximate surface area is 198 Å². The van der Waals surface area contributed by atoms with E-state index < -0.39 is 0 Å². The molecule has 1 fully saturated rings. The summed E-state index contributed by atoms with van der Waals surface area (Å²) >= 11 is 0. The molecule has 2 atom stereocenters. The van der Waals surface area contributed by atoms with Gasteiger partial charge in [-0.05, 0) is 81.1 Å². The van der Waals surface area contributed by atoms with Crippen molar-refractivity contribution >= 4 is 11.5 Å². The number of aryl methyl sites for hydroxylation is 2. The average molecular weight is 444 g/mol. The van der Waals surface area contributed by atoms with Crippen molar-refractivity contribution in [2.24, 2.45) is 11.8 Å². The highest BCUT2D eigenvalue weighted by molar-refractivity contribution is 5.95. The minimum absolute atomic E-state index is 0.105. The lowest BCUT2D eigenvalue weighted by molar-refractivity contribution is 0.0692. The Bertz CT molecular complexity index is 1100. The second-order valence-corrected chi connectivity index (χ2v) is 10.0. The van der Waals surface area contributed by atoms with Gasteiger partial charge in [0.2, 0.25) is 0 Å². The highest BCUT2D eigenvalue weighted by Gasteiger charge is 2.30. The number of allylic oxidation sites excluding steroid dienone is 6. The van der Waals surface area contributed by atoms with Crippen molar-refractivity contribution in [2.75, 3.05) is 6.54 Å².